The van der Waals surface area contributed by atoms with Crippen molar-refractivity contribution in [2.24, 2.45) is 11.8 Å². The summed E-state index contributed by atoms with van der Waals surface area (Å²) in [6.45, 7) is 7.45. The van der Waals surface area contributed by atoms with Crippen molar-refractivity contribution < 1.29 is 4.79 Å². The second-order valence-electron chi connectivity index (χ2n) is 6.45. The smallest absolute Gasteiger partial charge is 0.240 e. The summed E-state index contributed by atoms with van der Waals surface area (Å²) in [6.07, 6.45) is 7.94. The summed E-state index contributed by atoms with van der Waals surface area (Å²) in [7, 11) is 0. The minimum absolute atomic E-state index is 0.0228. The third-order valence-corrected chi connectivity index (χ3v) is 4.44. The van der Waals surface area contributed by atoms with Crippen molar-refractivity contribution in [1.82, 2.24) is 10.2 Å². The predicted octanol–water partition coefficient (Wildman–Crippen LogP) is 2.76. The first kappa shape index (κ1) is 13.9. The fourth-order valence-corrected chi connectivity index (χ4v) is 3.39. The molecule has 1 aliphatic carbocycles. The maximum atomic E-state index is 12.2. The molecule has 2 rings (SSSR count). The number of nitrogens with one attached hydrogen (secondary N) is 1. The molecule has 0 bridgehead atoms. The fraction of sp³-hybridized carbons (Fsp3) is 0.933. The van der Waals surface area contributed by atoms with Crippen LogP contribution in [0, 0.1) is 11.8 Å². The minimum Gasteiger partial charge on any atom is -0.326 e. The summed E-state index contributed by atoms with van der Waals surface area (Å²) >= 11 is 0. The van der Waals surface area contributed by atoms with E-state index < -0.39 is 0 Å². The summed E-state index contributed by atoms with van der Waals surface area (Å²) < 4.78 is 0. The number of nitrogens with zero attached hydrogens (tertiary/aromatic N) is 1. The highest BCUT2D eigenvalue weighted by atomic mass is 16.2. The maximum Gasteiger partial charge on any atom is 0.240 e. The first-order valence-corrected chi connectivity index (χ1v) is 7.66. The van der Waals surface area contributed by atoms with Gasteiger partial charge in [-0.2, -0.15) is 0 Å². The summed E-state index contributed by atoms with van der Waals surface area (Å²) in [6, 6.07) is 0.0228. The molecule has 3 heteroatoms. The fourth-order valence-electron chi connectivity index (χ4n) is 3.39. The van der Waals surface area contributed by atoms with Gasteiger partial charge in [-0.3, -0.25) is 10.1 Å². The van der Waals surface area contributed by atoms with Crippen LogP contribution < -0.4 is 5.32 Å². The lowest BCUT2D eigenvalue weighted by Crippen LogP contribution is -2.43. The van der Waals surface area contributed by atoms with Gasteiger partial charge in [0.25, 0.3) is 0 Å². The zero-order chi connectivity index (χ0) is 13.1. The molecule has 3 nitrogen and oxygen atoms in total. The molecule has 0 aromatic rings. The number of hydrogen-bond donors (Lipinski definition) is 1. The quantitative estimate of drug-likeness (QED) is 0.816. The van der Waals surface area contributed by atoms with Crippen LogP contribution in [0.25, 0.3) is 0 Å². The molecule has 1 heterocycles. The highest BCUT2D eigenvalue weighted by Crippen LogP contribution is 2.32. The summed E-state index contributed by atoms with van der Waals surface area (Å²) in [4.78, 5) is 14.3. The Bertz CT molecular complexity index is 284. The van der Waals surface area contributed by atoms with Crippen molar-refractivity contribution >= 4 is 5.91 Å². The van der Waals surface area contributed by atoms with Crippen LogP contribution in [-0.2, 0) is 4.79 Å². The summed E-state index contributed by atoms with van der Waals surface area (Å²) in [5.74, 6) is 1.74. The van der Waals surface area contributed by atoms with Gasteiger partial charge in [-0.15, -0.1) is 0 Å². The van der Waals surface area contributed by atoms with E-state index in [2.05, 4.69) is 24.1 Å². The van der Waals surface area contributed by atoms with Crippen LogP contribution in [-0.4, -0.2) is 29.6 Å². The molecular weight excluding hydrogens is 224 g/mol. The lowest BCUT2D eigenvalue weighted by atomic mass is 10.0. The molecule has 1 N–H and O–H groups in total. The van der Waals surface area contributed by atoms with Crippen LogP contribution in [0.5, 0.6) is 0 Å². The van der Waals surface area contributed by atoms with Crippen molar-refractivity contribution in [3.05, 3.63) is 0 Å². The molecule has 0 aromatic carbocycles. The third kappa shape index (κ3) is 3.05. The van der Waals surface area contributed by atoms with Crippen molar-refractivity contribution in [1.29, 1.82) is 0 Å². The van der Waals surface area contributed by atoms with E-state index in [1.165, 1.54) is 32.1 Å². The van der Waals surface area contributed by atoms with Gasteiger partial charge >= 0.3 is 0 Å². The first-order valence-electron chi connectivity index (χ1n) is 7.66. The lowest BCUT2D eigenvalue weighted by Gasteiger charge is -2.29. The van der Waals surface area contributed by atoms with E-state index in [4.69, 9.17) is 0 Å². The van der Waals surface area contributed by atoms with Gasteiger partial charge in [0.1, 0.15) is 0 Å². The van der Waals surface area contributed by atoms with Gasteiger partial charge in [0.15, 0.2) is 0 Å². The first-order chi connectivity index (χ1) is 8.59. The van der Waals surface area contributed by atoms with E-state index >= 15 is 0 Å². The number of carbonyl (C=O) groups is 1. The average Bonchev–Trinajstić information content (AvgIpc) is 2.91. The van der Waals surface area contributed by atoms with Gasteiger partial charge in [-0.25, -0.2) is 0 Å². The van der Waals surface area contributed by atoms with Crippen molar-refractivity contribution in [2.45, 2.75) is 71.5 Å². The van der Waals surface area contributed by atoms with E-state index in [-0.39, 0.29) is 6.04 Å². The van der Waals surface area contributed by atoms with Gasteiger partial charge in [-0.05, 0) is 44.4 Å². The van der Waals surface area contributed by atoms with Crippen LogP contribution in [0.15, 0.2) is 0 Å². The molecule has 0 radical (unpaired) electrons. The Balaban J connectivity index is 1.92. The molecule has 2 atom stereocenters. The third-order valence-electron chi connectivity index (χ3n) is 4.44. The SMILES string of the molecule is CC(C)CCCN1C(=O)C(C)NC1C1CCCC1. The monoisotopic (exact) mass is 252 g/mol. The Hall–Kier alpha value is -0.570. The molecule has 2 fully saturated rings. The zero-order valence-electron chi connectivity index (χ0n) is 12.1. The molecule has 18 heavy (non-hydrogen) atoms. The molecule has 104 valence electrons. The lowest BCUT2D eigenvalue weighted by molar-refractivity contribution is -0.130. The van der Waals surface area contributed by atoms with Crippen molar-refractivity contribution in [3.8, 4) is 0 Å². The van der Waals surface area contributed by atoms with E-state index in [1.807, 2.05) is 6.92 Å². The van der Waals surface area contributed by atoms with E-state index in [1.54, 1.807) is 0 Å². The zero-order valence-corrected chi connectivity index (χ0v) is 12.1. The van der Waals surface area contributed by atoms with Gasteiger partial charge in [0.05, 0.1) is 12.2 Å². The Morgan fingerprint density at radius 1 is 1.33 bits per heavy atom. The highest BCUT2D eigenvalue weighted by Gasteiger charge is 2.40. The molecule has 1 saturated heterocycles. The maximum absolute atomic E-state index is 12.2. The highest BCUT2D eigenvalue weighted by molar-refractivity contribution is 5.83. The standard InChI is InChI=1S/C15H28N2O/c1-11(2)7-6-10-17-14(13-8-4-5-9-13)16-12(3)15(17)18/h11-14,16H,4-10H2,1-3H3. The van der Waals surface area contributed by atoms with Gasteiger partial charge in [-0.1, -0.05) is 26.7 Å². The number of hydrogen-bond acceptors (Lipinski definition) is 2. The van der Waals surface area contributed by atoms with Crippen LogP contribution >= 0.6 is 0 Å². The van der Waals surface area contributed by atoms with Crippen LogP contribution in [0.1, 0.15) is 59.3 Å². The normalized spacial score (nSPS) is 29.8. The van der Waals surface area contributed by atoms with Crippen LogP contribution in [0.2, 0.25) is 0 Å². The minimum atomic E-state index is 0.0228. The molecule has 0 aromatic heterocycles. The molecule has 2 aliphatic rings. The average molecular weight is 252 g/mol. The molecule has 0 spiro atoms. The van der Waals surface area contributed by atoms with Crippen molar-refractivity contribution in [3.63, 3.8) is 0 Å². The topological polar surface area (TPSA) is 32.3 Å². The van der Waals surface area contributed by atoms with Gasteiger partial charge in [0.2, 0.25) is 5.91 Å². The molecule has 2 unspecified atom stereocenters. The van der Waals surface area contributed by atoms with E-state index in [9.17, 15) is 4.79 Å². The van der Waals surface area contributed by atoms with E-state index in [0.717, 1.165) is 18.9 Å². The largest absolute Gasteiger partial charge is 0.326 e. The second-order valence-corrected chi connectivity index (χ2v) is 6.45. The Morgan fingerprint density at radius 3 is 2.61 bits per heavy atom. The Kier molecular flexibility index (Phi) is 4.66. The number of carbonyl (C=O) groups excluding carboxylic acids is 1. The van der Waals surface area contributed by atoms with E-state index in [0.29, 0.717) is 18.0 Å². The number of rotatable bonds is 5. The Morgan fingerprint density at radius 2 is 2.00 bits per heavy atom. The molecule has 1 saturated carbocycles. The summed E-state index contributed by atoms with van der Waals surface area (Å²) in [5, 5.41) is 3.51. The molecule has 1 aliphatic heterocycles. The van der Waals surface area contributed by atoms with Gasteiger partial charge in [0, 0.05) is 6.54 Å². The van der Waals surface area contributed by atoms with Crippen molar-refractivity contribution in [2.75, 3.05) is 6.54 Å². The van der Waals surface area contributed by atoms with Crippen LogP contribution in [0.4, 0.5) is 0 Å². The second kappa shape index (κ2) is 6.05. The number of amides is 1. The Labute approximate surface area is 111 Å². The predicted molar refractivity (Wildman–Crippen MR) is 74.1 cm³/mol. The molecule has 1 amide bonds. The summed E-state index contributed by atoms with van der Waals surface area (Å²) in [5.41, 5.74) is 0. The van der Waals surface area contributed by atoms with Gasteiger partial charge < -0.3 is 4.90 Å². The van der Waals surface area contributed by atoms with Crippen LogP contribution in [0.3, 0.4) is 0 Å². The molecular formula is C15H28N2O.